The molecule has 0 heterocycles. The van der Waals surface area contributed by atoms with Crippen molar-refractivity contribution in [3.63, 3.8) is 0 Å². The number of nitrogens with one attached hydrogen (secondary N) is 1. The molecule has 0 saturated carbocycles. The standard InChI is InChI=1S/C18H27NO2S/c1-6-11-17(10-5)19-22(20,21)18-15(8-3)12-14(7-2)13-16(18)9-4/h10-13,19H,5-9H2,1-4H3/b17-11+. The van der Waals surface area contributed by atoms with Crippen molar-refractivity contribution in [1.29, 1.82) is 0 Å². The second-order valence-corrected chi connectivity index (χ2v) is 6.80. The molecule has 0 atom stereocenters. The normalized spacial score (nSPS) is 12.3. The summed E-state index contributed by atoms with van der Waals surface area (Å²) in [6, 6.07) is 4.01. The molecule has 0 fully saturated rings. The predicted molar refractivity (Wildman–Crippen MR) is 93.5 cm³/mol. The van der Waals surface area contributed by atoms with Crippen molar-refractivity contribution in [3.8, 4) is 0 Å². The Morgan fingerprint density at radius 2 is 1.64 bits per heavy atom. The molecule has 1 aromatic carbocycles. The smallest absolute Gasteiger partial charge is 0.262 e. The molecule has 122 valence electrons. The molecule has 0 spiro atoms. The lowest BCUT2D eigenvalue weighted by atomic mass is 10.0. The van der Waals surface area contributed by atoms with E-state index in [0.29, 0.717) is 23.4 Å². The van der Waals surface area contributed by atoms with E-state index in [1.54, 1.807) is 6.08 Å². The minimum atomic E-state index is -3.59. The van der Waals surface area contributed by atoms with Gasteiger partial charge in [-0.1, -0.05) is 52.5 Å². The maximum Gasteiger partial charge on any atom is 0.262 e. The van der Waals surface area contributed by atoms with Crippen molar-refractivity contribution in [2.75, 3.05) is 0 Å². The molecule has 22 heavy (non-hydrogen) atoms. The van der Waals surface area contributed by atoms with E-state index in [0.717, 1.165) is 24.0 Å². The summed E-state index contributed by atoms with van der Waals surface area (Å²) in [6.45, 7) is 11.7. The molecule has 1 N–H and O–H groups in total. The lowest BCUT2D eigenvalue weighted by Crippen LogP contribution is -2.25. The van der Waals surface area contributed by atoms with Crippen LogP contribution in [0.4, 0.5) is 0 Å². The van der Waals surface area contributed by atoms with Gasteiger partial charge in [0.05, 0.1) is 4.90 Å². The first-order chi connectivity index (χ1) is 10.4. The van der Waals surface area contributed by atoms with E-state index >= 15 is 0 Å². The van der Waals surface area contributed by atoms with E-state index in [4.69, 9.17) is 0 Å². The molecule has 0 aliphatic heterocycles. The minimum absolute atomic E-state index is 0.429. The van der Waals surface area contributed by atoms with Crippen LogP contribution in [0.2, 0.25) is 0 Å². The molecule has 1 aromatic rings. The highest BCUT2D eigenvalue weighted by Crippen LogP contribution is 2.25. The first kappa shape index (κ1) is 18.5. The van der Waals surface area contributed by atoms with E-state index in [-0.39, 0.29) is 0 Å². The fraction of sp³-hybridized carbons (Fsp3) is 0.444. The third-order valence-corrected chi connectivity index (χ3v) is 5.20. The summed E-state index contributed by atoms with van der Waals surface area (Å²) < 4.78 is 28.3. The summed E-state index contributed by atoms with van der Waals surface area (Å²) in [5, 5.41) is 0. The van der Waals surface area contributed by atoms with Gasteiger partial charge in [-0.05, 0) is 48.4 Å². The summed E-state index contributed by atoms with van der Waals surface area (Å²) in [4.78, 5) is 0.429. The monoisotopic (exact) mass is 321 g/mol. The van der Waals surface area contributed by atoms with Gasteiger partial charge in [0.2, 0.25) is 0 Å². The van der Waals surface area contributed by atoms with Crippen LogP contribution in [0.15, 0.2) is 41.5 Å². The van der Waals surface area contributed by atoms with Gasteiger partial charge in [0.1, 0.15) is 0 Å². The first-order valence-corrected chi connectivity index (χ1v) is 9.41. The second kappa shape index (κ2) is 8.18. The lowest BCUT2D eigenvalue weighted by molar-refractivity contribution is 0.586. The van der Waals surface area contributed by atoms with Crippen LogP contribution in [0.3, 0.4) is 0 Å². The first-order valence-electron chi connectivity index (χ1n) is 7.93. The Hall–Kier alpha value is -1.55. The van der Waals surface area contributed by atoms with Gasteiger partial charge in [-0.15, -0.1) is 0 Å². The second-order valence-electron chi connectivity index (χ2n) is 5.18. The minimum Gasteiger partial charge on any atom is -0.280 e. The van der Waals surface area contributed by atoms with Crippen LogP contribution in [-0.4, -0.2) is 8.42 Å². The number of aryl methyl sites for hydroxylation is 3. The van der Waals surface area contributed by atoms with Crippen LogP contribution in [-0.2, 0) is 29.3 Å². The maximum absolute atomic E-state index is 12.8. The zero-order chi connectivity index (χ0) is 16.8. The van der Waals surface area contributed by atoms with Crippen LogP contribution in [0.1, 0.15) is 50.8 Å². The Morgan fingerprint density at radius 1 is 1.09 bits per heavy atom. The molecule has 0 aliphatic rings. The van der Waals surface area contributed by atoms with Crippen molar-refractivity contribution < 1.29 is 8.42 Å². The quantitative estimate of drug-likeness (QED) is 0.732. The molecule has 3 nitrogen and oxygen atoms in total. The molecule has 0 amide bonds. The fourth-order valence-electron chi connectivity index (χ4n) is 2.49. The maximum atomic E-state index is 12.8. The number of sulfonamides is 1. The van der Waals surface area contributed by atoms with Crippen LogP contribution >= 0.6 is 0 Å². The zero-order valence-electron chi connectivity index (χ0n) is 14.1. The molecular weight excluding hydrogens is 294 g/mol. The highest BCUT2D eigenvalue weighted by Gasteiger charge is 2.22. The highest BCUT2D eigenvalue weighted by atomic mass is 32.2. The van der Waals surface area contributed by atoms with Crippen molar-refractivity contribution in [2.24, 2.45) is 0 Å². The number of hydrogen-bond donors (Lipinski definition) is 1. The third-order valence-electron chi connectivity index (χ3n) is 3.64. The van der Waals surface area contributed by atoms with E-state index in [1.807, 2.05) is 39.0 Å². The Balaban J connectivity index is 3.46. The Bertz CT molecular complexity index is 633. The van der Waals surface area contributed by atoms with Gasteiger partial charge in [0.25, 0.3) is 10.0 Å². The average molecular weight is 321 g/mol. The number of benzene rings is 1. The van der Waals surface area contributed by atoms with Crippen molar-refractivity contribution in [3.05, 3.63) is 53.3 Å². The highest BCUT2D eigenvalue weighted by molar-refractivity contribution is 7.89. The molecule has 0 aliphatic carbocycles. The molecule has 0 radical (unpaired) electrons. The summed E-state index contributed by atoms with van der Waals surface area (Å²) in [5.74, 6) is 0. The topological polar surface area (TPSA) is 46.2 Å². The number of rotatable bonds is 8. The van der Waals surface area contributed by atoms with E-state index in [2.05, 4.69) is 18.2 Å². The van der Waals surface area contributed by atoms with Crippen molar-refractivity contribution >= 4 is 10.0 Å². The van der Waals surface area contributed by atoms with Crippen LogP contribution in [0, 0.1) is 0 Å². The van der Waals surface area contributed by atoms with Crippen molar-refractivity contribution in [2.45, 2.75) is 58.3 Å². The van der Waals surface area contributed by atoms with E-state index < -0.39 is 10.0 Å². The molecule has 1 rings (SSSR count). The summed E-state index contributed by atoms with van der Waals surface area (Å²) in [5.41, 5.74) is 3.47. The van der Waals surface area contributed by atoms with Crippen LogP contribution < -0.4 is 4.72 Å². The third kappa shape index (κ3) is 4.23. The lowest BCUT2D eigenvalue weighted by Gasteiger charge is -2.17. The van der Waals surface area contributed by atoms with E-state index in [9.17, 15) is 8.42 Å². The molecule has 4 heteroatoms. The van der Waals surface area contributed by atoms with Gasteiger partial charge < -0.3 is 0 Å². The summed E-state index contributed by atoms with van der Waals surface area (Å²) >= 11 is 0. The number of hydrogen-bond acceptors (Lipinski definition) is 2. The van der Waals surface area contributed by atoms with Crippen LogP contribution in [0.25, 0.3) is 0 Å². The summed E-state index contributed by atoms with van der Waals surface area (Å²) in [7, 11) is -3.59. The van der Waals surface area contributed by atoms with Crippen molar-refractivity contribution in [1.82, 2.24) is 4.72 Å². The average Bonchev–Trinajstić information content (AvgIpc) is 2.52. The molecule has 0 unspecified atom stereocenters. The zero-order valence-corrected chi connectivity index (χ0v) is 14.9. The Morgan fingerprint density at radius 3 is 2.00 bits per heavy atom. The van der Waals surface area contributed by atoms with E-state index in [1.165, 1.54) is 5.56 Å². The molecule has 0 bridgehead atoms. The fourth-order valence-corrected chi connectivity index (χ4v) is 4.17. The van der Waals surface area contributed by atoms with Gasteiger partial charge in [-0.2, -0.15) is 0 Å². The molecular formula is C18H27NO2S. The Kier molecular flexibility index (Phi) is 6.88. The van der Waals surface area contributed by atoms with Crippen LogP contribution in [0.5, 0.6) is 0 Å². The molecule has 0 saturated heterocycles. The Labute approximate surface area is 135 Å². The van der Waals surface area contributed by atoms with Gasteiger partial charge in [0.15, 0.2) is 0 Å². The number of allylic oxidation sites excluding steroid dienone is 2. The van der Waals surface area contributed by atoms with Gasteiger partial charge in [-0.3, -0.25) is 4.72 Å². The molecule has 0 aromatic heterocycles. The predicted octanol–water partition coefficient (Wildman–Crippen LogP) is 4.13. The van der Waals surface area contributed by atoms with Gasteiger partial charge in [-0.25, -0.2) is 8.42 Å². The SMILES string of the molecule is C=C/C(=C\CC)NS(=O)(=O)c1c(CC)cc(CC)cc1CC. The van der Waals surface area contributed by atoms with Gasteiger partial charge in [0, 0.05) is 5.70 Å². The largest absolute Gasteiger partial charge is 0.280 e. The summed E-state index contributed by atoms with van der Waals surface area (Å²) in [6.07, 6.45) is 6.40. The van der Waals surface area contributed by atoms with Gasteiger partial charge >= 0.3 is 0 Å².